The summed E-state index contributed by atoms with van der Waals surface area (Å²) in [5, 5.41) is 0. The molecular weight excluding hydrogens is 392 g/mol. The van der Waals surface area contributed by atoms with Gasteiger partial charge in [0, 0.05) is 37.7 Å². The van der Waals surface area contributed by atoms with E-state index < -0.39 is 0 Å². The van der Waals surface area contributed by atoms with Crippen LogP contribution in [0.25, 0.3) is 0 Å². The number of methoxy groups -OCH3 is 1. The third-order valence-electron chi connectivity index (χ3n) is 5.89. The van der Waals surface area contributed by atoms with E-state index in [0.717, 1.165) is 44.6 Å². The smallest absolute Gasteiger partial charge is 0.226 e. The summed E-state index contributed by atoms with van der Waals surface area (Å²) in [6.07, 6.45) is 5.63. The molecule has 0 aliphatic carbocycles. The molecule has 0 bridgehead atoms. The summed E-state index contributed by atoms with van der Waals surface area (Å²) in [4.78, 5) is 26.0. The Kier molecular flexibility index (Phi) is 8.09. The second kappa shape index (κ2) is 11.0. The Hall–Kier alpha value is -2.83. The monoisotopic (exact) mass is 426 g/mol. The molecular formula is C24H34N4O3. The Morgan fingerprint density at radius 3 is 2.65 bits per heavy atom. The van der Waals surface area contributed by atoms with Crippen molar-refractivity contribution in [1.82, 2.24) is 14.9 Å². The first-order valence-electron chi connectivity index (χ1n) is 11.3. The maximum Gasteiger partial charge on any atom is 0.226 e. The quantitative estimate of drug-likeness (QED) is 0.587. The maximum absolute atomic E-state index is 13.1. The van der Waals surface area contributed by atoms with Crippen LogP contribution >= 0.6 is 0 Å². The number of carbonyl (C=O) groups excluding carboxylic acids is 1. The molecule has 2 aromatic rings. The van der Waals surface area contributed by atoms with Crippen LogP contribution in [0.3, 0.4) is 0 Å². The highest BCUT2D eigenvalue weighted by Gasteiger charge is 2.31. The summed E-state index contributed by atoms with van der Waals surface area (Å²) in [6.45, 7) is 8.58. The van der Waals surface area contributed by atoms with Gasteiger partial charge in [-0.3, -0.25) is 4.79 Å². The molecule has 3 rings (SSSR count). The van der Waals surface area contributed by atoms with Gasteiger partial charge in [0.05, 0.1) is 7.11 Å². The number of nitrogens with zero attached hydrogens (tertiary/aromatic N) is 4. The van der Waals surface area contributed by atoms with E-state index in [4.69, 9.17) is 9.47 Å². The Bertz CT molecular complexity index is 860. The topological polar surface area (TPSA) is 67.8 Å². The first kappa shape index (κ1) is 22.8. The van der Waals surface area contributed by atoms with Crippen LogP contribution in [-0.2, 0) is 4.79 Å². The number of amides is 1. The Morgan fingerprint density at radius 1 is 1.19 bits per heavy atom. The number of rotatable bonds is 9. The molecule has 2 unspecified atom stereocenters. The molecule has 1 aliphatic rings. The molecule has 7 heteroatoms. The van der Waals surface area contributed by atoms with E-state index in [-0.39, 0.29) is 12.0 Å². The van der Waals surface area contributed by atoms with Gasteiger partial charge in [0.25, 0.3) is 0 Å². The molecule has 31 heavy (non-hydrogen) atoms. The number of para-hydroxylation sites is 2. The Balaban J connectivity index is 1.66. The number of carbonyl (C=O) groups is 1. The van der Waals surface area contributed by atoms with Gasteiger partial charge >= 0.3 is 0 Å². The molecule has 0 radical (unpaired) electrons. The van der Waals surface area contributed by atoms with E-state index >= 15 is 0 Å². The molecule has 1 saturated heterocycles. The number of hydrogen-bond acceptors (Lipinski definition) is 6. The number of ether oxygens (including phenoxy) is 2. The third kappa shape index (κ3) is 5.66. The van der Waals surface area contributed by atoms with Crippen molar-refractivity contribution in [2.24, 2.45) is 5.92 Å². The lowest BCUT2D eigenvalue weighted by Crippen LogP contribution is -2.55. The van der Waals surface area contributed by atoms with Crippen molar-refractivity contribution < 1.29 is 14.3 Å². The van der Waals surface area contributed by atoms with Gasteiger partial charge in [-0.2, -0.15) is 0 Å². The van der Waals surface area contributed by atoms with Gasteiger partial charge < -0.3 is 19.3 Å². The minimum Gasteiger partial charge on any atom is -0.493 e. The minimum atomic E-state index is 0.130. The molecule has 0 spiro atoms. The van der Waals surface area contributed by atoms with Crippen LogP contribution in [0.1, 0.15) is 46.5 Å². The van der Waals surface area contributed by atoms with E-state index in [1.54, 1.807) is 7.11 Å². The SMILES string of the molecule is CCCCC(CC)C(=O)N1CCN(c2cc(Oc3ccccc3OC)ncn2)CC1C. The normalized spacial score (nSPS) is 17.4. The third-order valence-corrected chi connectivity index (χ3v) is 5.89. The van der Waals surface area contributed by atoms with Crippen molar-refractivity contribution in [3.05, 3.63) is 36.7 Å². The van der Waals surface area contributed by atoms with Crippen molar-refractivity contribution in [3.8, 4) is 17.4 Å². The van der Waals surface area contributed by atoms with Gasteiger partial charge in [0.1, 0.15) is 12.1 Å². The van der Waals surface area contributed by atoms with Crippen molar-refractivity contribution in [2.75, 3.05) is 31.6 Å². The second-order valence-electron chi connectivity index (χ2n) is 8.04. The summed E-state index contributed by atoms with van der Waals surface area (Å²) in [5.41, 5.74) is 0. The summed E-state index contributed by atoms with van der Waals surface area (Å²) < 4.78 is 11.3. The second-order valence-corrected chi connectivity index (χ2v) is 8.04. The molecule has 0 N–H and O–H groups in total. The number of piperazine rings is 1. The molecule has 1 amide bonds. The van der Waals surface area contributed by atoms with Crippen molar-refractivity contribution in [2.45, 2.75) is 52.5 Å². The van der Waals surface area contributed by atoms with E-state index in [2.05, 4.69) is 35.6 Å². The van der Waals surface area contributed by atoms with Crippen molar-refractivity contribution in [1.29, 1.82) is 0 Å². The zero-order valence-corrected chi connectivity index (χ0v) is 19.1. The van der Waals surface area contributed by atoms with Crippen LogP contribution in [0.4, 0.5) is 5.82 Å². The standard InChI is InChI=1S/C24H34N4O3/c1-5-7-10-19(6-2)24(29)28-14-13-27(16-18(28)3)22-15-23(26-17-25-22)31-21-12-9-8-11-20(21)30-4/h8-9,11-12,15,17-19H,5-7,10,13-14,16H2,1-4H3. The minimum absolute atomic E-state index is 0.130. The average Bonchev–Trinajstić information content (AvgIpc) is 2.80. The molecule has 168 valence electrons. The van der Waals surface area contributed by atoms with Gasteiger partial charge in [-0.25, -0.2) is 9.97 Å². The lowest BCUT2D eigenvalue weighted by atomic mass is 9.96. The first-order valence-corrected chi connectivity index (χ1v) is 11.3. The van der Waals surface area contributed by atoms with Crippen LogP contribution in [-0.4, -0.2) is 53.6 Å². The van der Waals surface area contributed by atoms with Crippen molar-refractivity contribution >= 4 is 11.7 Å². The summed E-state index contributed by atoms with van der Waals surface area (Å²) >= 11 is 0. The maximum atomic E-state index is 13.1. The van der Waals surface area contributed by atoms with Gasteiger partial charge in [-0.05, 0) is 31.9 Å². The first-order chi connectivity index (χ1) is 15.1. The zero-order valence-electron chi connectivity index (χ0n) is 19.1. The fourth-order valence-electron chi connectivity index (χ4n) is 4.05. The average molecular weight is 427 g/mol. The van der Waals surface area contributed by atoms with Crippen LogP contribution in [0, 0.1) is 5.92 Å². The molecule has 2 atom stereocenters. The predicted octanol–water partition coefficient (Wildman–Crippen LogP) is 4.53. The lowest BCUT2D eigenvalue weighted by Gasteiger charge is -2.41. The van der Waals surface area contributed by atoms with Gasteiger partial charge in [0.2, 0.25) is 11.8 Å². The number of aromatic nitrogens is 2. The molecule has 2 heterocycles. The lowest BCUT2D eigenvalue weighted by molar-refractivity contribution is -0.138. The summed E-state index contributed by atoms with van der Waals surface area (Å²) in [5.74, 6) is 2.95. The molecule has 0 saturated carbocycles. The Morgan fingerprint density at radius 2 is 1.97 bits per heavy atom. The van der Waals surface area contributed by atoms with E-state index in [1.807, 2.05) is 35.2 Å². The summed E-state index contributed by atoms with van der Waals surface area (Å²) in [7, 11) is 1.61. The number of anilines is 1. The summed E-state index contributed by atoms with van der Waals surface area (Å²) in [6, 6.07) is 9.44. The molecule has 7 nitrogen and oxygen atoms in total. The molecule has 1 fully saturated rings. The zero-order chi connectivity index (χ0) is 22.2. The van der Waals surface area contributed by atoms with Crippen molar-refractivity contribution in [3.63, 3.8) is 0 Å². The fraction of sp³-hybridized carbons (Fsp3) is 0.542. The fourth-order valence-corrected chi connectivity index (χ4v) is 4.05. The van der Waals surface area contributed by atoms with Gasteiger partial charge in [-0.1, -0.05) is 38.8 Å². The van der Waals surface area contributed by atoms with E-state index in [1.165, 1.54) is 6.33 Å². The number of benzene rings is 1. The van der Waals surface area contributed by atoms with Crippen LogP contribution < -0.4 is 14.4 Å². The number of unbranched alkanes of at least 4 members (excludes halogenated alkanes) is 1. The molecule has 1 aromatic carbocycles. The predicted molar refractivity (Wildman–Crippen MR) is 122 cm³/mol. The van der Waals surface area contributed by atoms with Crippen LogP contribution in [0.5, 0.6) is 17.4 Å². The highest BCUT2D eigenvalue weighted by molar-refractivity contribution is 5.79. The van der Waals surface area contributed by atoms with E-state index in [9.17, 15) is 4.79 Å². The molecule has 1 aliphatic heterocycles. The van der Waals surface area contributed by atoms with Gasteiger partial charge in [-0.15, -0.1) is 0 Å². The highest BCUT2D eigenvalue weighted by atomic mass is 16.5. The highest BCUT2D eigenvalue weighted by Crippen LogP contribution is 2.31. The number of hydrogen-bond donors (Lipinski definition) is 0. The van der Waals surface area contributed by atoms with E-state index in [0.29, 0.717) is 29.8 Å². The largest absolute Gasteiger partial charge is 0.493 e. The van der Waals surface area contributed by atoms with Crippen LogP contribution in [0.2, 0.25) is 0 Å². The Labute approximate surface area is 185 Å². The molecule has 1 aromatic heterocycles. The van der Waals surface area contributed by atoms with Crippen LogP contribution in [0.15, 0.2) is 36.7 Å². The van der Waals surface area contributed by atoms with Gasteiger partial charge in [0.15, 0.2) is 11.5 Å².